The Morgan fingerprint density at radius 1 is 1.19 bits per heavy atom. The van der Waals surface area contributed by atoms with E-state index >= 15 is 0 Å². The van der Waals surface area contributed by atoms with Crippen molar-refractivity contribution in [3.05, 3.63) is 29.3 Å². The molecule has 3 aliphatic heterocycles. The molecule has 5 rings (SSSR count). The first kappa shape index (κ1) is 24.6. The van der Waals surface area contributed by atoms with E-state index in [9.17, 15) is 4.79 Å². The van der Waals surface area contributed by atoms with Gasteiger partial charge in [-0.1, -0.05) is 12.1 Å². The molecule has 1 aliphatic carbocycles. The van der Waals surface area contributed by atoms with Crippen molar-refractivity contribution in [1.82, 2.24) is 15.5 Å². The minimum absolute atomic E-state index is 0. The number of morpholine rings is 1. The van der Waals surface area contributed by atoms with Gasteiger partial charge in [-0.15, -0.1) is 24.8 Å². The molecule has 4 aliphatic rings. The van der Waals surface area contributed by atoms with E-state index in [1.165, 1.54) is 11.1 Å². The quantitative estimate of drug-likeness (QED) is 0.706. The minimum Gasteiger partial charge on any atom is -0.493 e. The number of ether oxygens (including phenoxy) is 2. The molecule has 2 N–H and O–H groups in total. The van der Waals surface area contributed by atoms with Crippen LogP contribution in [0, 0.1) is 11.3 Å². The Balaban J connectivity index is 0.00000136. The van der Waals surface area contributed by atoms with E-state index in [1.54, 1.807) is 0 Å². The molecule has 0 spiro atoms. The molecule has 0 unspecified atom stereocenters. The Morgan fingerprint density at radius 2 is 2.03 bits per heavy atom. The van der Waals surface area contributed by atoms with Crippen LogP contribution in [0.4, 0.5) is 0 Å². The van der Waals surface area contributed by atoms with E-state index in [4.69, 9.17) is 9.47 Å². The lowest BCUT2D eigenvalue weighted by Crippen LogP contribution is -2.60. The van der Waals surface area contributed by atoms with Gasteiger partial charge in [0, 0.05) is 38.6 Å². The summed E-state index contributed by atoms with van der Waals surface area (Å²) in [6.45, 7) is 6.99. The second-order valence-corrected chi connectivity index (χ2v) is 9.12. The molecule has 1 aromatic rings. The van der Waals surface area contributed by atoms with Crippen LogP contribution in [0.1, 0.15) is 36.8 Å². The number of fused-ring (bicyclic) bond motifs is 2. The number of carbonyl (C=O) groups is 1. The molecular formula is C23H35Cl2N3O3. The first-order chi connectivity index (χ1) is 14.2. The van der Waals surface area contributed by atoms with Crippen molar-refractivity contribution in [2.45, 2.75) is 44.7 Å². The molecule has 0 radical (unpaired) electrons. The van der Waals surface area contributed by atoms with Crippen LogP contribution in [0.3, 0.4) is 0 Å². The number of rotatable bonds is 4. The van der Waals surface area contributed by atoms with Crippen LogP contribution in [0.25, 0.3) is 0 Å². The van der Waals surface area contributed by atoms with Crippen LogP contribution in [-0.2, 0) is 22.5 Å². The highest BCUT2D eigenvalue weighted by Gasteiger charge is 2.50. The van der Waals surface area contributed by atoms with Gasteiger partial charge < -0.3 is 20.1 Å². The highest BCUT2D eigenvalue weighted by atomic mass is 35.5. The largest absolute Gasteiger partial charge is 0.493 e. The number of hydrogen-bond acceptors (Lipinski definition) is 5. The molecule has 1 amide bonds. The number of nitrogens with zero attached hydrogens (tertiary/aromatic N) is 1. The number of piperidine rings is 1. The highest BCUT2D eigenvalue weighted by molar-refractivity contribution is 5.85. The molecule has 2 saturated heterocycles. The Hall–Kier alpha value is -1.05. The Bertz CT molecular complexity index is 760. The lowest BCUT2D eigenvalue weighted by atomic mass is 9.61. The number of benzene rings is 1. The molecular weight excluding hydrogens is 437 g/mol. The zero-order valence-electron chi connectivity index (χ0n) is 18.1. The zero-order valence-corrected chi connectivity index (χ0v) is 19.7. The third-order valence-corrected chi connectivity index (χ3v) is 7.59. The average molecular weight is 472 g/mol. The molecule has 0 bridgehead atoms. The predicted molar refractivity (Wildman–Crippen MR) is 125 cm³/mol. The zero-order chi connectivity index (χ0) is 19.7. The van der Waals surface area contributed by atoms with Crippen molar-refractivity contribution in [3.63, 3.8) is 0 Å². The van der Waals surface area contributed by atoms with E-state index in [1.807, 2.05) is 6.07 Å². The summed E-state index contributed by atoms with van der Waals surface area (Å²) in [5.74, 6) is 1.71. The van der Waals surface area contributed by atoms with E-state index in [0.29, 0.717) is 18.5 Å². The molecule has 1 saturated carbocycles. The first-order valence-corrected chi connectivity index (χ1v) is 11.3. The van der Waals surface area contributed by atoms with Gasteiger partial charge in [-0.05, 0) is 55.3 Å². The molecule has 6 nitrogen and oxygen atoms in total. The summed E-state index contributed by atoms with van der Waals surface area (Å²) in [4.78, 5) is 16.0. The van der Waals surface area contributed by atoms with Crippen LogP contribution in [0.15, 0.2) is 18.2 Å². The summed E-state index contributed by atoms with van der Waals surface area (Å²) in [5, 5.41) is 6.81. The molecule has 31 heavy (non-hydrogen) atoms. The highest BCUT2D eigenvalue weighted by Crippen LogP contribution is 2.46. The summed E-state index contributed by atoms with van der Waals surface area (Å²) in [6.07, 6.45) is 5.31. The summed E-state index contributed by atoms with van der Waals surface area (Å²) in [5.41, 5.74) is 2.18. The fraction of sp³-hybridized carbons (Fsp3) is 0.696. The molecule has 0 aromatic heterocycles. The fourth-order valence-electron chi connectivity index (χ4n) is 5.88. The van der Waals surface area contributed by atoms with Gasteiger partial charge in [0.25, 0.3) is 0 Å². The predicted octanol–water partition coefficient (Wildman–Crippen LogP) is 2.56. The van der Waals surface area contributed by atoms with Gasteiger partial charge in [0.15, 0.2) is 0 Å². The van der Waals surface area contributed by atoms with Crippen LogP contribution in [-0.4, -0.2) is 62.8 Å². The molecule has 8 heteroatoms. The van der Waals surface area contributed by atoms with Gasteiger partial charge in [-0.25, -0.2) is 0 Å². The first-order valence-electron chi connectivity index (χ1n) is 11.3. The van der Waals surface area contributed by atoms with Crippen molar-refractivity contribution in [2.24, 2.45) is 11.3 Å². The molecule has 1 aromatic carbocycles. The molecule has 3 fully saturated rings. The number of nitrogens with one attached hydrogen (secondary N) is 2. The van der Waals surface area contributed by atoms with E-state index in [-0.39, 0.29) is 36.1 Å². The average Bonchev–Trinajstić information content (AvgIpc) is 3.25. The van der Waals surface area contributed by atoms with Crippen molar-refractivity contribution in [1.29, 1.82) is 0 Å². The monoisotopic (exact) mass is 471 g/mol. The number of amides is 1. The summed E-state index contributed by atoms with van der Waals surface area (Å²) < 4.78 is 11.1. The van der Waals surface area contributed by atoms with Crippen molar-refractivity contribution < 1.29 is 14.3 Å². The fourth-order valence-corrected chi connectivity index (χ4v) is 5.88. The molecule has 174 valence electrons. The number of halogens is 2. The van der Waals surface area contributed by atoms with E-state index in [2.05, 4.69) is 27.7 Å². The van der Waals surface area contributed by atoms with Gasteiger partial charge in [-0.3, -0.25) is 9.69 Å². The second kappa shape index (κ2) is 10.7. The maximum atomic E-state index is 13.4. The van der Waals surface area contributed by atoms with Crippen molar-refractivity contribution in [3.8, 4) is 5.75 Å². The SMILES string of the molecule is Cl.Cl.O=C(NCc1ccc2c(c1)CCO2)[C@@]12CC[C@@H](N3CCOCC3)C[C@H]1CCNC2. The van der Waals surface area contributed by atoms with Gasteiger partial charge >= 0.3 is 0 Å². The van der Waals surface area contributed by atoms with Crippen LogP contribution in [0.2, 0.25) is 0 Å². The summed E-state index contributed by atoms with van der Waals surface area (Å²) in [6, 6.07) is 6.92. The summed E-state index contributed by atoms with van der Waals surface area (Å²) >= 11 is 0. The van der Waals surface area contributed by atoms with Gasteiger partial charge in [0.05, 0.1) is 25.2 Å². The molecule has 3 atom stereocenters. The van der Waals surface area contributed by atoms with E-state index < -0.39 is 0 Å². The van der Waals surface area contributed by atoms with Crippen LogP contribution < -0.4 is 15.4 Å². The number of hydrogen-bond donors (Lipinski definition) is 2. The Labute approximate surface area is 197 Å². The second-order valence-electron chi connectivity index (χ2n) is 9.12. The third kappa shape index (κ3) is 4.98. The smallest absolute Gasteiger partial charge is 0.228 e. The van der Waals surface area contributed by atoms with E-state index in [0.717, 1.165) is 83.9 Å². The van der Waals surface area contributed by atoms with Gasteiger partial charge in [0.2, 0.25) is 5.91 Å². The maximum Gasteiger partial charge on any atom is 0.228 e. The standard InChI is InChI=1S/C23H33N3O3.2ClH/c27-22(25-15-17-1-2-21-18(13-17)5-10-29-21)23-6-3-20(26-8-11-28-12-9-26)14-19(23)4-7-24-16-23;;/h1-2,13,19-20,24H,3-12,14-16H2,(H,25,27);2*1H/t19-,20-,23-;;/m1../s1. The molecule has 3 heterocycles. The van der Waals surface area contributed by atoms with Crippen molar-refractivity contribution in [2.75, 3.05) is 46.0 Å². The lowest BCUT2D eigenvalue weighted by Gasteiger charge is -2.50. The summed E-state index contributed by atoms with van der Waals surface area (Å²) in [7, 11) is 0. The topological polar surface area (TPSA) is 62.8 Å². The van der Waals surface area contributed by atoms with Crippen LogP contribution >= 0.6 is 24.8 Å². The Kier molecular flexibility index (Phi) is 8.50. The number of carbonyl (C=O) groups excluding carboxylic acids is 1. The van der Waals surface area contributed by atoms with Crippen LogP contribution in [0.5, 0.6) is 5.75 Å². The third-order valence-electron chi connectivity index (χ3n) is 7.59. The van der Waals surface area contributed by atoms with Crippen molar-refractivity contribution >= 4 is 30.7 Å². The van der Waals surface area contributed by atoms with Gasteiger partial charge in [-0.2, -0.15) is 0 Å². The normalized spacial score (nSPS) is 30.1. The maximum absolute atomic E-state index is 13.4. The lowest BCUT2D eigenvalue weighted by molar-refractivity contribution is -0.140. The Morgan fingerprint density at radius 3 is 2.87 bits per heavy atom. The van der Waals surface area contributed by atoms with Gasteiger partial charge in [0.1, 0.15) is 5.75 Å². The minimum atomic E-state index is -0.249.